The van der Waals surface area contributed by atoms with Gasteiger partial charge in [-0.15, -0.1) is 0 Å². The second kappa shape index (κ2) is 7.68. The lowest BCUT2D eigenvalue weighted by Crippen LogP contribution is -2.29. The van der Waals surface area contributed by atoms with Gasteiger partial charge >= 0.3 is 0 Å². The number of rotatable bonds is 4. The summed E-state index contributed by atoms with van der Waals surface area (Å²) in [7, 11) is 0. The lowest BCUT2D eigenvalue weighted by Gasteiger charge is -2.12. The lowest BCUT2D eigenvalue weighted by molar-refractivity contribution is -0.118. The maximum Gasteiger partial charge on any atom is 0.272 e. The number of para-hydroxylation sites is 1. The van der Waals surface area contributed by atoms with Crippen LogP contribution in [0.15, 0.2) is 58.7 Å². The molecule has 0 aliphatic carbocycles. The van der Waals surface area contributed by atoms with Gasteiger partial charge in [0.05, 0.1) is 22.0 Å². The number of nitrogens with zero attached hydrogens (tertiary/aromatic N) is 3. The Morgan fingerprint density at radius 2 is 1.96 bits per heavy atom. The Morgan fingerprint density at radius 3 is 2.65 bits per heavy atom. The Balaban J connectivity index is 1.68. The first-order valence-corrected chi connectivity index (χ1v) is 8.45. The molecule has 1 atom stereocenters. The Morgan fingerprint density at radius 1 is 1.23 bits per heavy atom. The number of nitrogens with one attached hydrogen (secondary N) is 1. The molecule has 2 amide bonds. The van der Waals surface area contributed by atoms with E-state index in [1.165, 1.54) is 23.4 Å². The van der Waals surface area contributed by atoms with E-state index >= 15 is 0 Å². The molecule has 2 aromatic carbocycles. The average molecular weight is 389 g/mol. The molecule has 0 fully saturated rings. The van der Waals surface area contributed by atoms with E-state index in [1.54, 1.807) is 25.1 Å². The summed E-state index contributed by atoms with van der Waals surface area (Å²) >= 11 is 11.8. The first-order valence-electron chi connectivity index (χ1n) is 7.70. The van der Waals surface area contributed by atoms with Crippen LogP contribution in [0.3, 0.4) is 0 Å². The zero-order valence-electron chi connectivity index (χ0n) is 13.7. The van der Waals surface area contributed by atoms with Crippen molar-refractivity contribution < 1.29 is 9.59 Å². The SMILES string of the molecule is CC1=NN(c2ccccc2)C(=O)[C@@H]1/C=N\NC(=O)c1ccc(Cl)cc1Cl. The Bertz CT molecular complexity index is 913. The van der Waals surface area contributed by atoms with Crippen LogP contribution in [-0.2, 0) is 4.79 Å². The third-order valence-corrected chi connectivity index (χ3v) is 4.30. The molecule has 0 radical (unpaired) electrons. The molecule has 0 unspecified atom stereocenters. The highest BCUT2D eigenvalue weighted by Gasteiger charge is 2.33. The first kappa shape index (κ1) is 18.1. The Labute approximate surface area is 160 Å². The summed E-state index contributed by atoms with van der Waals surface area (Å²) in [5.41, 5.74) is 3.85. The van der Waals surface area contributed by atoms with Gasteiger partial charge in [0.1, 0.15) is 5.92 Å². The van der Waals surface area contributed by atoms with Crippen LogP contribution in [0.5, 0.6) is 0 Å². The van der Waals surface area contributed by atoms with Gasteiger partial charge in [-0.05, 0) is 37.3 Å². The third-order valence-electron chi connectivity index (χ3n) is 3.75. The molecule has 26 heavy (non-hydrogen) atoms. The Hall–Kier alpha value is -2.70. The number of carbonyl (C=O) groups excluding carboxylic acids is 2. The highest BCUT2D eigenvalue weighted by Crippen LogP contribution is 2.23. The quantitative estimate of drug-likeness (QED) is 0.639. The number of hydrazone groups is 2. The summed E-state index contributed by atoms with van der Waals surface area (Å²) in [6.45, 7) is 1.73. The fourth-order valence-electron chi connectivity index (χ4n) is 2.41. The summed E-state index contributed by atoms with van der Waals surface area (Å²) in [4.78, 5) is 24.6. The molecule has 0 bridgehead atoms. The van der Waals surface area contributed by atoms with E-state index in [-0.39, 0.29) is 16.5 Å². The van der Waals surface area contributed by atoms with Gasteiger partial charge in [0.25, 0.3) is 11.8 Å². The maximum absolute atomic E-state index is 12.5. The summed E-state index contributed by atoms with van der Waals surface area (Å²) in [6, 6.07) is 13.6. The molecule has 0 saturated carbocycles. The van der Waals surface area contributed by atoms with Crippen molar-refractivity contribution in [1.29, 1.82) is 0 Å². The average Bonchev–Trinajstić information content (AvgIpc) is 2.90. The highest BCUT2D eigenvalue weighted by atomic mass is 35.5. The molecule has 3 rings (SSSR count). The van der Waals surface area contributed by atoms with Crippen molar-refractivity contribution in [1.82, 2.24) is 5.43 Å². The van der Waals surface area contributed by atoms with Gasteiger partial charge in [-0.2, -0.15) is 15.2 Å². The van der Waals surface area contributed by atoms with Gasteiger partial charge in [0.15, 0.2) is 0 Å². The van der Waals surface area contributed by atoms with E-state index in [4.69, 9.17) is 23.2 Å². The minimum Gasteiger partial charge on any atom is -0.271 e. The standard InChI is InChI=1S/C18H14Cl2N4O2/c1-11-15(18(26)24(23-11)13-5-3-2-4-6-13)10-21-22-17(25)14-8-7-12(19)9-16(14)20/h2-10,15H,1H3,(H,22,25)/b21-10-/t15-/m1/s1. The fourth-order valence-corrected chi connectivity index (χ4v) is 2.90. The van der Waals surface area contributed by atoms with E-state index < -0.39 is 11.8 Å². The summed E-state index contributed by atoms with van der Waals surface area (Å²) < 4.78 is 0. The van der Waals surface area contributed by atoms with Crippen LogP contribution >= 0.6 is 23.2 Å². The number of hydrogen-bond acceptors (Lipinski definition) is 4. The maximum atomic E-state index is 12.5. The van der Waals surface area contributed by atoms with Crippen LogP contribution in [0.1, 0.15) is 17.3 Å². The molecule has 0 saturated heterocycles. The van der Waals surface area contributed by atoms with E-state index in [0.717, 1.165) is 0 Å². The van der Waals surface area contributed by atoms with Gasteiger partial charge in [-0.25, -0.2) is 5.43 Å². The van der Waals surface area contributed by atoms with Gasteiger partial charge < -0.3 is 0 Å². The topological polar surface area (TPSA) is 74.1 Å². The molecule has 2 aromatic rings. The number of anilines is 1. The van der Waals surface area contributed by atoms with Crippen molar-refractivity contribution in [3.63, 3.8) is 0 Å². The summed E-state index contributed by atoms with van der Waals surface area (Å²) in [6.07, 6.45) is 1.35. The van der Waals surface area contributed by atoms with Crippen molar-refractivity contribution in [3.8, 4) is 0 Å². The number of amides is 2. The lowest BCUT2D eigenvalue weighted by atomic mass is 10.1. The van der Waals surface area contributed by atoms with Crippen molar-refractivity contribution in [3.05, 3.63) is 64.1 Å². The van der Waals surface area contributed by atoms with Gasteiger partial charge in [0.2, 0.25) is 0 Å². The smallest absolute Gasteiger partial charge is 0.271 e. The molecule has 1 aliphatic heterocycles. The molecular formula is C18H14Cl2N4O2. The fraction of sp³-hybridized carbons (Fsp3) is 0.111. The van der Waals surface area contributed by atoms with Gasteiger partial charge in [0, 0.05) is 11.2 Å². The third kappa shape index (κ3) is 3.76. The van der Waals surface area contributed by atoms with Crippen molar-refractivity contribution in [2.24, 2.45) is 16.1 Å². The molecular weight excluding hydrogens is 375 g/mol. The van der Waals surface area contributed by atoms with Crippen molar-refractivity contribution in [2.75, 3.05) is 5.01 Å². The normalized spacial score (nSPS) is 16.9. The number of benzene rings is 2. The van der Waals surface area contributed by atoms with E-state index in [0.29, 0.717) is 16.4 Å². The molecule has 8 heteroatoms. The van der Waals surface area contributed by atoms with Crippen LogP contribution in [-0.4, -0.2) is 23.7 Å². The minimum absolute atomic E-state index is 0.218. The predicted molar refractivity (Wildman–Crippen MR) is 103 cm³/mol. The largest absolute Gasteiger partial charge is 0.272 e. The van der Waals surface area contributed by atoms with Gasteiger partial charge in [-0.1, -0.05) is 41.4 Å². The van der Waals surface area contributed by atoms with E-state index in [2.05, 4.69) is 15.6 Å². The highest BCUT2D eigenvalue weighted by molar-refractivity contribution is 6.36. The number of carbonyl (C=O) groups is 2. The number of halogens is 2. The van der Waals surface area contributed by atoms with Crippen LogP contribution in [0.4, 0.5) is 5.69 Å². The Kier molecular flexibility index (Phi) is 5.35. The van der Waals surface area contributed by atoms with Gasteiger partial charge in [-0.3, -0.25) is 9.59 Å². The molecule has 6 nitrogen and oxygen atoms in total. The molecule has 1 N–H and O–H groups in total. The minimum atomic E-state index is -0.642. The zero-order chi connectivity index (χ0) is 18.7. The van der Waals surface area contributed by atoms with E-state index in [9.17, 15) is 9.59 Å². The van der Waals surface area contributed by atoms with Crippen LogP contribution < -0.4 is 10.4 Å². The second-order valence-electron chi connectivity index (χ2n) is 5.55. The molecule has 132 valence electrons. The van der Waals surface area contributed by atoms with Crippen LogP contribution in [0.25, 0.3) is 0 Å². The predicted octanol–water partition coefficient (Wildman–Crippen LogP) is 3.75. The molecule has 1 aliphatic rings. The van der Waals surface area contributed by atoms with E-state index in [1.807, 2.05) is 18.2 Å². The van der Waals surface area contributed by atoms with Crippen LogP contribution in [0.2, 0.25) is 10.0 Å². The van der Waals surface area contributed by atoms with Crippen molar-refractivity contribution in [2.45, 2.75) is 6.92 Å². The molecule has 0 spiro atoms. The van der Waals surface area contributed by atoms with Crippen molar-refractivity contribution >= 4 is 52.6 Å². The summed E-state index contributed by atoms with van der Waals surface area (Å²) in [5.74, 6) is -1.38. The second-order valence-corrected chi connectivity index (χ2v) is 6.39. The monoisotopic (exact) mass is 388 g/mol. The first-order chi connectivity index (χ1) is 12.5. The summed E-state index contributed by atoms with van der Waals surface area (Å²) in [5, 5.41) is 10.1. The van der Waals surface area contributed by atoms with Crippen LogP contribution in [0, 0.1) is 5.92 Å². The zero-order valence-corrected chi connectivity index (χ0v) is 15.2. The molecule has 0 aromatic heterocycles. The number of hydrogen-bond donors (Lipinski definition) is 1. The molecule has 1 heterocycles.